The number of hydrogen-bond donors (Lipinski definition) is 2. The van der Waals surface area contributed by atoms with Crippen molar-refractivity contribution in [3.8, 4) is 0 Å². The van der Waals surface area contributed by atoms with E-state index >= 15 is 0 Å². The van der Waals surface area contributed by atoms with Gasteiger partial charge in [-0.1, -0.05) is 0 Å². The summed E-state index contributed by atoms with van der Waals surface area (Å²) in [5.41, 5.74) is -2.07. The molecular formula is C6H6O7. The van der Waals surface area contributed by atoms with Crippen molar-refractivity contribution in [2.75, 3.05) is 0 Å². The van der Waals surface area contributed by atoms with E-state index in [0.29, 0.717) is 0 Å². The van der Waals surface area contributed by atoms with Crippen LogP contribution in [0, 0.1) is 0 Å². The molecule has 1 fully saturated rings. The molecule has 0 bridgehead atoms. The van der Waals surface area contributed by atoms with Crippen LogP contribution in [0.1, 0.15) is 12.8 Å². The maximum absolute atomic E-state index is 10.6. The van der Waals surface area contributed by atoms with Gasteiger partial charge in [0.05, 0.1) is 12.8 Å². The Morgan fingerprint density at radius 1 is 1.46 bits per heavy atom. The average Bonchev–Trinajstić information content (AvgIpc) is 2.31. The van der Waals surface area contributed by atoms with Crippen molar-refractivity contribution in [3.63, 3.8) is 0 Å². The van der Waals surface area contributed by atoms with Crippen molar-refractivity contribution in [2.24, 2.45) is 0 Å². The molecule has 0 radical (unpaired) electrons. The fourth-order valence-electron chi connectivity index (χ4n) is 0.941. The Labute approximate surface area is 71.8 Å². The second kappa shape index (κ2) is 3.02. The number of carbonyl (C=O) groups excluding carboxylic acids is 1. The zero-order valence-corrected chi connectivity index (χ0v) is 6.35. The monoisotopic (exact) mass is 190 g/mol. The van der Waals surface area contributed by atoms with Gasteiger partial charge >= 0.3 is 17.9 Å². The molecule has 0 saturated carbocycles. The van der Waals surface area contributed by atoms with Crippen LogP contribution in [0.3, 0.4) is 0 Å². The normalized spacial score (nSPS) is 26.9. The number of hydrogen-bond acceptors (Lipinski definition) is 5. The summed E-state index contributed by atoms with van der Waals surface area (Å²) in [5, 5.41) is 17.0. The van der Waals surface area contributed by atoms with Crippen molar-refractivity contribution >= 4 is 17.9 Å². The zero-order valence-electron chi connectivity index (χ0n) is 6.35. The van der Waals surface area contributed by atoms with Gasteiger partial charge in [-0.05, 0) is 0 Å². The van der Waals surface area contributed by atoms with Crippen LogP contribution in [0.4, 0.5) is 0 Å². The highest BCUT2D eigenvalue weighted by atomic mass is 17.2. The topological polar surface area (TPSA) is 110 Å². The molecule has 7 nitrogen and oxygen atoms in total. The molecule has 2 N–H and O–H groups in total. The number of carboxylic acid groups (broad SMARTS) is 2. The van der Waals surface area contributed by atoms with E-state index in [1.807, 2.05) is 0 Å². The summed E-state index contributed by atoms with van der Waals surface area (Å²) >= 11 is 0. The molecule has 1 atom stereocenters. The van der Waals surface area contributed by atoms with Gasteiger partial charge in [0, 0.05) is 0 Å². The summed E-state index contributed by atoms with van der Waals surface area (Å²) in [6.07, 6.45) is -1.40. The standard InChI is InChI=1S/C6H6O7/c7-3(8)1-6(5(10)11)2-4(9)12-13-6/h1-2H2,(H,7,8)(H,10,11)/t6-/m1/s1. The Bertz CT molecular complexity index is 270. The lowest BCUT2D eigenvalue weighted by Gasteiger charge is -2.15. The third-order valence-corrected chi connectivity index (χ3v) is 1.55. The first kappa shape index (κ1) is 9.46. The van der Waals surface area contributed by atoms with Crippen LogP contribution in [0.2, 0.25) is 0 Å². The number of rotatable bonds is 3. The molecule has 13 heavy (non-hydrogen) atoms. The lowest BCUT2D eigenvalue weighted by molar-refractivity contribution is -0.291. The van der Waals surface area contributed by atoms with E-state index < -0.39 is 36.4 Å². The average molecular weight is 190 g/mol. The summed E-state index contributed by atoms with van der Waals surface area (Å²) in [6, 6.07) is 0. The summed E-state index contributed by atoms with van der Waals surface area (Å²) in [6.45, 7) is 0. The van der Waals surface area contributed by atoms with E-state index in [0.717, 1.165) is 0 Å². The highest BCUT2D eigenvalue weighted by Gasteiger charge is 2.51. The van der Waals surface area contributed by atoms with Crippen LogP contribution in [0.25, 0.3) is 0 Å². The maximum Gasteiger partial charge on any atom is 0.346 e. The van der Waals surface area contributed by atoms with Crippen LogP contribution in [-0.4, -0.2) is 33.7 Å². The minimum absolute atomic E-state index is 0.589. The van der Waals surface area contributed by atoms with Gasteiger partial charge in [-0.2, -0.15) is 4.89 Å². The molecule has 0 aliphatic carbocycles. The molecule has 72 valence electrons. The molecule has 0 amide bonds. The highest BCUT2D eigenvalue weighted by Crippen LogP contribution is 2.28. The van der Waals surface area contributed by atoms with Gasteiger partial charge in [-0.25, -0.2) is 9.59 Å². The van der Waals surface area contributed by atoms with Gasteiger partial charge < -0.3 is 10.2 Å². The SMILES string of the molecule is O=C(O)C[C@]1(C(=O)O)CC(=O)OO1. The number of carboxylic acids is 2. The minimum Gasteiger partial charge on any atom is -0.481 e. The molecule has 1 rings (SSSR count). The first-order valence-electron chi connectivity index (χ1n) is 3.30. The van der Waals surface area contributed by atoms with Crippen molar-refractivity contribution < 1.29 is 34.4 Å². The molecule has 1 aliphatic rings. The number of aliphatic carboxylic acids is 2. The third-order valence-electron chi connectivity index (χ3n) is 1.55. The van der Waals surface area contributed by atoms with Gasteiger partial charge in [-0.3, -0.25) is 9.68 Å². The second-order valence-corrected chi connectivity index (χ2v) is 2.59. The Morgan fingerprint density at radius 2 is 2.08 bits per heavy atom. The molecule has 1 heterocycles. The Balaban J connectivity index is 2.83. The summed E-state index contributed by atoms with van der Waals surface area (Å²) < 4.78 is 0. The fourth-order valence-corrected chi connectivity index (χ4v) is 0.941. The van der Waals surface area contributed by atoms with E-state index in [9.17, 15) is 14.4 Å². The van der Waals surface area contributed by atoms with Crippen LogP contribution < -0.4 is 0 Å². The Hall–Kier alpha value is -1.63. The van der Waals surface area contributed by atoms with Gasteiger partial charge in [0.2, 0.25) is 5.60 Å². The van der Waals surface area contributed by atoms with Crippen LogP contribution in [0.15, 0.2) is 0 Å². The van der Waals surface area contributed by atoms with Crippen LogP contribution >= 0.6 is 0 Å². The molecule has 0 aromatic carbocycles. The van der Waals surface area contributed by atoms with Gasteiger partial charge in [0.1, 0.15) is 0 Å². The molecular weight excluding hydrogens is 184 g/mol. The first-order chi connectivity index (χ1) is 5.96. The summed E-state index contributed by atoms with van der Waals surface area (Å²) in [5.74, 6) is -3.79. The molecule has 0 spiro atoms. The van der Waals surface area contributed by atoms with Crippen LogP contribution in [0.5, 0.6) is 0 Å². The minimum atomic E-state index is -2.07. The first-order valence-corrected chi connectivity index (χ1v) is 3.30. The van der Waals surface area contributed by atoms with Crippen molar-refractivity contribution in [2.45, 2.75) is 18.4 Å². The zero-order chi connectivity index (χ0) is 10.1. The van der Waals surface area contributed by atoms with Crippen molar-refractivity contribution in [1.29, 1.82) is 0 Å². The van der Waals surface area contributed by atoms with E-state index in [2.05, 4.69) is 9.78 Å². The summed E-state index contributed by atoms with van der Waals surface area (Å²) in [7, 11) is 0. The third kappa shape index (κ3) is 1.75. The quantitative estimate of drug-likeness (QED) is 0.558. The lowest BCUT2D eigenvalue weighted by Crippen LogP contribution is -2.40. The van der Waals surface area contributed by atoms with E-state index in [1.54, 1.807) is 0 Å². The predicted molar refractivity (Wildman–Crippen MR) is 34.4 cm³/mol. The van der Waals surface area contributed by atoms with Crippen LogP contribution in [-0.2, 0) is 24.2 Å². The highest BCUT2D eigenvalue weighted by molar-refractivity contribution is 5.90. The summed E-state index contributed by atoms with van der Waals surface area (Å²) in [4.78, 5) is 39.5. The van der Waals surface area contributed by atoms with Gasteiger partial charge in [-0.15, -0.1) is 0 Å². The Morgan fingerprint density at radius 3 is 2.38 bits per heavy atom. The maximum atomic E-state index is 10.6. The molecule has 0 unspecified atom stereocenters. The van der Waals surface area contributed by atoms with Crippen molar-refractivity contribution in [3.05, 3.63) is 0 Å². The largest absolute Gasteiger partial charge is 0.481 e. The van der Waals surface area contributed by atoms with Gasteiger partial charge in [0.15, 0.2) is 0 Å². The predicted octanol–water partition coefficient (Wildman–Crippen LogP) is -0.837. The van der Waals surface area contributed by atoms with E-state index in [4.69, 9.17) is 10.2 Å². The molecule has 7 heteroatoms. The fraction of sp³-hybridized carbons (Fsp3) is 0.500. The lowest BCUT2D eigenvalue weighted by atomic mass is 9.96. The van der Waals surface area contributed by atoms with Crippen molar-refractivity contribution in [1.82, 2.24) is 0 Å². The molecule has 0 aromatic heterocycles. The molecule has 1 aliphatic heterocycles. The number of carbonyl (C=O) groups is 3. The van der Waals surface area contributed by atoms with E-state index in [-0.39, 0.29) is 0 Å². The smallest absolute Gasteiger partial charge is 0.346 e. The Kier molecular flexibility index (Phi) is 2.20. The van der Waals surface area contributed by atoms with E-state index in [1.165, 1.54) is 0 Å². The second-order valence-electron chi connectivity index (χ2n) is 2.59. The molecule has 1 saturated heterocycles. The molecule has 0 aromatic rings. The van der Waals surface area contributed by atoms with Gasteiger partial charge in [0.25, 0.3) is 0 Å².